The number of amides is 1. The summed E-state index contributed by atoms with van der Waals surface area (Å²) in [5.41, 5.74) is 7.90. The summed E-state index contributed by atoms with van der Waals surface area (Å²) in [7, 11) is 1.71. The van der Waals surface area contributed by atoms with E-state index in [0.717, 1.165) is 11.3 Å². The molecular weight excluding hydrogens is 234 g/mol. The molecule has 0 spiro atoms. The van der Waals surface area contributed by atoms with E-state index in [9.17, 15) is 4.79 Å². The van der Waals surface area contributed by atoms with Gasteiger partial charge in [0.1, 0.15) is 5.76 Å². The number of nitrogens with one attached hydrogen (secondary N) is 1. The average Bonchev–Trinajstić information content (AvgIpc) is 2.80. The molecule has 0 radical (unpaired) electrons. The molecule has 0 aliphatic rings. The summed E-state index contributed by atoms with van der Waals surface area (Å²) < 4.78 is 6.52. The van der Waals surface area contributed by atoms with Gasteiger partial charge in [0.25, 0.3) is 5.91 Å². The van der Waals surface area contributed by atoms with Crippen LogP contribution in [0.4, 0.5) is 5.69 Å². The summed E-state index contributed by atoms with van der Waals surface area (Å²) >= 11 is 0. The van der Waals surface area contributed by atoms with Crippen molar-refractivity contribution in [2.45, 2.75) is 20.4 Å². The van der Waals surface area contributed by atoms with Gasteiger partial charge in [-0.3, -0.25) is 9.48 Å². The van der Waals surface area contributed by atoms with Gasteiger partial charge in [-0.2, -0.15) is 5.10 Å². The third-order valence-corrected chi connectivity index (χ3v) is 2.68. The first-order valence-corrected chi connectivity index (χ1v) is 5.48. The van der Waals surface area contributed by atoms with E-state index in [1.807, 2.05) is 6.92 Å². The molecule has 0 bridgehead atoms. The van der Waals surface area contributed by atoms with E-state index in [1.165, 1.54) is 4.68 Å². The number of carbonyl (C=O) groups excluding carboxylic acids is 1. The number of nitrogens with two attached hydrogens (primary N) is 1. The Labute approximate surface area is 104 Å². The second-order valence-electron chi connectivity index (χ2n) is 4.09. The van der Waals surface area contributed by atoms with Gasteiger partial charge in [-0.1, -0.05) is 5.16 Å². The molecule has 7 heteroatoms. The number of nitrogens with zero attached hydrogens (tertiary/aromatic N) is 3. The smallest absolute Gasteiger partial charge is 0.274 e. The van der Waals surface area contributed by atoms with Gasteiger partial charge in [0.2, 0.25) is 0 Å². The maximum Gasteiger partial charge on any atom is 0.274 e. The van der Waals surface area contributed by atoms with Crippen LogP contribution in [0.15, 0.2) is 10.7 Å². The molecule has 18 heavy (non-hydrogen) atoms. The highest BCUT2D eigenvalue weighted by Gasteiger charge is 2.15. The molecule has 0 aromatic carbocycles. The Morgan fingerprint density at radius 1 is 1.56 bits per heavy atom. The van der Waals surface area contributed by atoms with Gasteiger partial charge in [0.05, 0.1) is 11.4 Å². The molecule has 2 rings (SSSR count). The average molecular weight is 249 g/mol. The first-order chi connectivity index (χ1) is 8.49. The summed E-state index contributed by atoms with van der Waals surface area (Å²) in [6.45, 7) is 3.97. The number of nitrogen functional groups attached to an aromatic ring is 1. The molecule has 0 unspecified atom stereocenters. The van der Waals surface area contributed by atoms with E-state index < -0.39 is 0 Å². The molecule has 2 aromatic heterocycles. The lowest BCUT2D eigenvalue weighted by Gasteiger charge is -2.03. The second kappa shape index (κ2) is 4.52. The highest BCUT2D eigenvalue weighted by Crippen LogP contribution is 2.12. The van der Waals surface area contributed by atoms with E-state index in [4.69, 9.17) is 10.3 Å². The predicted octanol–water partition coefficient (Wildman–Crippen LogP) is 0.537. The van der Waals surface area contributed by atoms with Gasteiger partial charge in [-0.05, 0) is 13.8 Å². The number of aromatic nitrogens is 3. The van der Waals surface area contributed by atoms with Crippen molar-refractivity contribution < 1.29 is 9.32 Å². The zero-order valence-electron chi connectivity index (χ0n) is 10.5. The zero-order chi connectivity index (χ0) is 13.3. The summed E-state index contributed by atoms with van der Waals surface area (Å²) in [5, 5.41) is 10.6. The molecule has 0 atom stereocenters. The Morgan fingerprint density at radius 3 is 2.78 bits per heavy atom. The van der Waals surface area contributed by atoms with Gasteiger partial charge in [0, 0.05) is 25.4 Å². The van der Waals surface area contributed by atoms with Crippen LogP contribution < -0.4 is 11.1 Å². The standard InChI is InChI=1S/C11H15N5O2/c1-6-8(7(2)18-15-6)4-13-11(17)10-9(12)5-16(3)14-10/h5H,4,12H2,1-3H3,(H,13,17). The molecular formula is C11H15N5O2. The quantitative estimate of drug-likeness (QED) is 0.827. The summed E-state index contributed by atoms with van der Waals surface area (Å²) in [4.78, 5) is 11.9. The monoisotopic (exact) mass is 249 g/mol. The Morgan fingerprint density at radius 2 is 2.28 bits per heavy atom. The van der Waals surface area contributed by atoms with E-state index in [1.54, 1.807) is 20.2 Å². The molecule has 3 N–H and O–H groups in total. The maximum absolute atomic E-state index is 11.9. The number of hydrogen-bond donors (Lipinski definition) is 2. The van der Waals surface area contributed by atoms with Crippen LogP contribution in [-0.2, 0) is 13.6 Å². The van der Waals surface area contributed by atoms with Crippen LogP contribution in [0.3, 0.4) is 0 Å². The molecule has 2 heterocycles. The molecule has 0 fully saturated rings. The third kappa shape index (κ3) is 2.20. The minimum atomic E-state index is -0.312. The number of carbonyl (C=O) groups is 1. The summed E-state index contributed by atoms with van der Waals surface area (Å²) in [5.74, 6) is 0.384. The second-order valence-corrected chi connectivity index (χ2v) is 4.09. The fourth-order valence-electron chi connectivity index (χ4n) is 1.69. The third-order valence-electron chi connectivity index (χ3n) is 2.68. The molecule has 0 saturated carbocycles. The maximum atomic E-state index is 11.9. The molecule has 7 nitrogen and oxygen atoms in total. The summed E-state index contributed by atoms with van der Waals surface area (Å²) in [6, 6.07) is 0. The largest absolute Gasteiger partial charge is 0.396 e. The molecule has 0 aliphatic heterocycles. The van der Waals surface area contributed by atoms with Crippen molar-refractivity contribution in [1.29, 1.82) is 0 Å². The first-order valence-electron chi connectivity index (χ1n) is 5.48. The molecule has 1 amide bonds. The Kier molecular flexibility index (Phi) is 3.05. The predicted molar refractivity (Wildman–Crippen MR) is 64.8 cm³/mol. The van der Waals surface area contributed by atoms with Gasteiger partial charge in [-0.25, -0.2) is 0 Å². The molecule has 96 valence electrons. The highest BCUT2D eigenvalue weighted by atomic mass is 16.5. The minimum absolute atomic E-state index is 0.226. The van der Waals surface area contributed by atoms with Gasteiger partial charge in [-0.15, -0.1) is 0 Å². The number of hydrogen-bond acceptors (Lipinski definition) is 5. The van der Waals surface area contributed by atoms with Crippen molar-refractivity contribution in [1.82, 2.24) is 20.3 Å². The summed E-state index contributed by atoms with van der Waals surface area (Å²) in [6.07, 6.45) is 1.59. The Balaban J connectivity index is 2.07. The lowest BCUT2D eigenvalue weighted by atomic mass is 10.2. The van der Waals surface area contributed by atoms with E-state index in [0.29, 0.717) is 18.0 Å². The van der Waals surface area contributed by atoms with Crippen LogP contribution in [0.25, 0.3) is 0 Å². The van der Waals surface area contributed by atoms with Crippen molar-refractivity contribution in [3.63, 3.8) is 0 Å². The SMILES string of the molecule is Cc1noc(C)c1CNC(=O)c1nn(C)cc1N. The normalized spacial score (nSPS) is 10.6. The fourth-order valence-corrected chi connectivity index (χ4v) is 1.69. The Hall–Kier alpha value is -2.31. The van der Waals surface area contributed by atoms with Gasteiger partial charge in [0.15, 0.2) is 5.69 Å². The number of aryl methyl sites for hydroxylation is 3. The minimum Gasteiger partial charge on any atom is -0.396 e. The molecule has 0 saturated heterocycles. The van der Waals surface area contributed by atoms with Crippen LogP contribution in [0, 0.1) is 13.8 Å². The van der Waals surface area contributed by atoms with Crippen molar-refractivity contribution in [2.75, 3.05) is 5.73 Å². The van der Waals surface area contributed by atoms with Crippen LogP contribution in [-0.4, -0.2) is 20.8 Å². The number of anilines is 1. The van der Waals surface area contributed by atoms with Crippen LogP contribution in [0.5, 0.6) is 0 Å². The lowest BCUT2D eigenvalue weighted by molar-refractivity contribution is 0.0946. The first kappa shape index (κ1) is 12.2. The number of rotatable bonds is 3. The Bertz CT molecular complexity index is 565. The molecule has 0 aliphatic carbocycles. The topological polar surface area (TPSA) is 99.0 Å². The zero-order valence-corrected chi connectivity index (χ0v) is 10.5. The van der Waals surface area contributed by atoms with Crippen molar-refractivity contribution in [3.05, 3.63) is 28.9 Å². The van der Waals surface area contributed by atoms with Gasteiger partial charge >= 0.3 is 0 Å². The van der Waals surface area contributed by atoms with Gasteiger partial charge < -0.3 is 15.6 Å². The van der Waals surface area contributed by atoms with Crippen molar-refractivity contribution >= 4 is 11.6 Å². The molecule has 2 aromatic rings. The van der Waals surface area contributed by atoms with E-state index in [-0.39, 0.29) is 11.6 Å². The van der Waals surface area contributed by atoms with Crippen LogP contribution in [0.2, 0.25) is 0 Å². The van der Waals surface area contributed by atoms with E-state index in [2.05, 4.69) is 15.6 Å². The highest BCUT2D eigenvalue weighted by molar-refractivity contribution is 5.96. The fraction of sp³-hybridized carbons (Fsp3) is 0.364. The lowest BCUT2D eigenvalue weighted by Crippen LogP contribution is -2.24. The van der Waals surface area contributed by atoms with Crippen LogP contribution >= 0.6 is 0 Å². The van der Waals surface area contributed by atoms with E-state index >= 15 is 0 Å². The van der Waals surface area contributed by atoms with Crippen LogP contribution in [0.1, 0.15) is 27.5 Å². The van der Waals surface area contributed by atoms with Crippen molar-refractivity contribution in [3.8, 4) is 0 Å². The van der Waals surface area contributed by atoms with Crippen molar-refractivity contribution in [2.24, 2.45) is 7.05 Å².